The van der Waals surface area contributed by atoms with Gasteiger partial charge in [-0.1, -0.05) is 37.3 Å². The first kappa shape index (κ1) is 20.6. The topological polar surface area (TPSA) is 32.3 Å². The van der Waals surface area contributed by atoms with Crippen LogP contribution in [0, 0.1) is 19.3 Å². The van der Waals surface area contributed by atoms with Gasteiger partial charge in [0, 0.05) is 38.4 Å². The van der Waals surface area contributed by atoms with Crippen molar-refractivity contribution in [3.63, 3.8) is 0 Å². The smallest absolute Gasteiger partial charge is 0.227 e. The van der Waals surface area contributed by atoms with Gasteiger partial charge >= 0.3 is 0 Å². The number of piperidine rings is 1. The number of anilines is 2. The van der Waals surface area contributed by atoms with Crippen molar-refractivity contribution in [2.24, 2.45) is 5.41 Å². The zero-order valence-electron chi connectivity index (χ0n) is 18.3. The zero-order chi connectivity index (χ0) is 20.1. The Labute approximate surface area is 171 Å². The van der Waals surface area contributed by atoms with E-state index in [2.05, 4.69) is 61.0 Å². The molecule has 3 rings (SSSR count). The minimum atomic E-state index is 0.399. The Bertz CT molecular complexity index is 772. The molecule has 4 nitrogen and oxygen atoms in total. The Morgan fingerprint density at radius 2 is 1.86 bits per heavy atom. The fourth-order valence-corrected chi connectivity index (χ4v) is 4.48. The van der Waals surface area contributed by atoms with Gasteiger partial charge in [-0.15, -0.1) is 0 Å². The average Bonchev–Trinajstić information content (AvgIpc) is 2.70. The van der Waals surface area contributed by atoms with E-state index in [1.54, 1.807) is 0 Å². The molecular formula is C24H36N4. The molecule has 1 aromatic heterocycles. The van der Waals surface area contributed by atoms with E-state index < -0.39 is 0 Å². The SMILES string of the molecule is CCC1(CCCc2ccccc2)CCCN(c2nc(N(C)C)nc(C)c2C)C1. The quantitative estimate of drug-likeness (QED) is 0.662. The van der Waals surface area contributed by atoms with Crippen molar-refractivity contribution in [3.8, 4) is 0 Å². The van der Waals surface area contributed by atoms with Crippen molar-refractivity contribution in [3.05, 3.63) is 47.2 Å². The fraction of sp³-hybridized carbons (Fsp3) is 0.583. The molecule has 4 heteroatoms. The summed E-state index contributed by atoms with van der Waals surface area (Å²) in [4.78, 5) is 14.1. The molecule has 28 heavy (non-hydrogen) atoms. The first-order valence-corrected chi connectivity index (χ1v) is 10.8. The van der Waals surface area contributed by atoms with Crippen molar-refractivity contribution in [2.75, 3.05) is 37.0 Å². The molecule has 2 heterocycles. The molecule has 0 amide bonds. The third-order valence-electron chi connectivity index (χ3n) is 6.48. The summed E-state index contributed by atoms with van der Waals surface area (Å²) in [5.74, 6) is 1.95. The lowest BCUT2D eigenvalue weighted by molar-refractivity contribution is 0.198. The lowest BCUT2D eigenvalue weighted by atomic mass is 9.73. The molecule has 0 bridgehead atoms. The molecule has 1 aromatic carbocycles. The predicted octanol–water partition coefficient (Wildman–Crippen LogP) is 5.18. The third kappa shape index (κ3) is 4.65. The summed E-state index contributed by atoms with van der Waals surface area (Å²) in [5, 5.41) is 0. The van der Waals surface area contributed by atoms with Gasteiger partial charge in [-0.05, 0) is 63.4 Å². The molecule has 152 valence electrons. The molecule has 2 aromatic rings. The predicted molar refractivity (Wildman–Crippen MR) is 119 cm³/mol. The normalized spacial score (nSPS) is 19.7. The zero-order valence-corrected chi connectivity index (χ0v) is 18.3. The molecule has 1 aliphatic heterocycles. The summed E-state index contributed by atoms with van der Waals surface area (Å²) in [6, 6.07) is 10.9. The van der Waals surface area contributed by atoms with E-state index in [0.29, 0.717) is 5.41 Å². The van der Waals surface area contributed by atoms with Crippen LogP contribution in [0.15, 0.2) is 30.3 Å². The largest absolute Gasteiger partial charge is 0.356 e. The summed E-state index contributed by atoms with van der Waals surface area (Å²) in [6.45, 7) is 8.86. The minimum Gasteiger partial charge on any atom is -0.356 e. The lowest BCUT2D eigenvalue weighted by Gasteiger charge is -2.44. The Morgan fingerprint density at radius 1 is 1.11 bits per heavy atom. The minimum absolute atomic E-state index is 0.399. The van der Waals surface area contributed by atoms with Gasteiger partial charge in [0.25, 0.3) is 0 Å². The first-order valence-electron chi connectivity index (χ1n) is 10.8. The van der Waals surface area contributed by atoms with E-state index in [9.17, 15) is 0 Å². The molecule has 0 saturated carbocycles. The fourth-order valence-electron chi connectivity index (χ4n) is 4.48. The molecule has 1 unspecified atom stereocenters. The van der Waals surface area contributed by atoms with E-state index in [1.165, 1.54) is 49.7 Å². The summed E-state index contributed by atoms with van der Waals surface area (Å²) in [6.07, 6.45) is 7.55. The van der Waals surface area contributed by atoms with Crippen molar-refractivity contribution in [1.29, 1.82) is 0 Å². The summed E-state index contributed by atoms with van der Waals surface area (Å²) < 4.78 is 0. The van der Waals surface area contributed by atoms with Gasteiger partial charge in [0.2, 0.25) is 5.95 Å². The Kier molecular flexibility index (Phi) is 6.58. The maximum Gasteiger partial charge on any atom is 0.227 e. The molecule has 1 saturated heterocycles. The van der Waals surface area contributed by atoms with E-state index in [0.717, 1.165) is 30.5 Å². The van der Waals surface area contributed by atoms with Crippen molar-refractivity contribution in [1.82, 2.24) is 9.97 Å². The summed E-state index contributed by atoms with van der Waals surface area (Å²) >= 11 is 0. The molecular weight excluding hydrogens is 344 g/mol. The van der Waals surface area contributed by atoms with E-state index in [4.69, 9.17) is 4.98 Å². The van der Waals surface area contributed by atoms with Crippen LogP contribution in [-0.4, -0.2) is 37.2 Å². The molecule has 0 spiro atoms. The van der Waals surface area contributed by atoms with Gasteiger partial charge in [-0.3, -0.25) is 0 Å². The second kappa shape index (κ2) is 8.93. The highest BCUT2D eigenvalue weighted by atomic mass is 15.3. The second-order valence-electron chi connectivity index (χ2n) is 8.67. The van der Waals surface area contributed by atoms with E-state index in [-0.39, 0.29) is 0 Å². The highest BCUT2D eigenvalue weighted by molar-refractivity contribution is 5.52. The van der Waals surface area contributed by atoms with Gasteiger partial charge in [0.05, 0.1) is 0 Å². The van der Waals surface area contributed by atoms with Crippen LogP contribution in [-0.2, 0) is 6.42 Å². The van der Waals surface area contributed by atoms with Crippen molar-refractivity contribution >= 4 is 11.8 Å². The average molecular weight is 381 g/mol. The van der Waals surface area contributed by atoms with Crippen LogP contribution < -0.4 is 9.80 Å². The molecule has 0 N–H and O–H groups in total. The number of hydrogen-bond donors (Lipinski definition) is 0. The van der Waals surface area contributed by atoms with Gasteiger partial charge < -0.3 is 9.80 Å². The van der Waals surface area contributed by atoms with Crippen LogP contribution in [0.4, 0.5) is 11.8 Å². The highest BCUT2D eigenvalue weighted by Gasteiger charge is 2.34. The third-order valence-corrected chi connectivity index (χ3v) is 6.48. The molecule has 1 aliphatic rings. The monoisotopic (exact) mass is 380 g/mol. The van der Waals surface area contributed by atoms with Crippen molar-refractivity contribution in [2.45, 2.75) is 59.3 Å². The van der Waals surface area contributed by atoms with Gasteiger partial charge in [0.1, 0.15) is 5.82 Å². The summed E-state index contributed by atoms with van der Waals surface area (Å²) in [7, 11) is 4.04. The molecule has 1 atom stereocenters. The Balaban J connectivity index is 1.74. The van der Waals surface area contributed by atoms with Crippen LogP contribution in [0.1, 0.15) is 55.8 Å². The Morgan fingerprint density at radius 3 is 2.54 bits per heavy atom. The number of aromatic nitrogens is 2. The number of rotatable bonds is 7. The van der Waals surface area contributed by atoms with E-state index in [1.807, 2.05) is 19.0 Å². The van der Waals surface area contributed by atoms with Gasteiger partial charge in [-0.2, -0.15) is 4.98 Å². The number of hydrogen-bond acceptors (Lipinski definition) is 4. The maximum absolute atomic E-state index is 4.92. The van der Waals surface area contributed by atoms with Crippen LogP contribution in [0.2, 0.25) is 0 Å². The van der Waals surface area contributed by atoms with Crippen LogP contribution in [0.5, 0.6) is 0 Å². The standard InChI is InChI=1S/C24H36N4/c1-6-24(15-10-14-21-12-8-7-9-13-21)16-11-17-28(18-24)22-19(2)20(3)25-23(26-22)27(4)5/h7-9,12-13H,6,10-11,14-18H2,1-5H3. The molecule has 1 fully saturated rings. The van der Waals surface area contributed by atoms with E-state index >= 15 is 0 Å². The maximum atomic E-state index is 4.92. The second-order valence-corrected chi connectivity index (χ2v) is 8.67. The van der Waals surface area contributed by atoms with Crippen LogP contribution >= 0.6 is 0 Å². The molecule has 0 aliphatic carbocycles. The lowest BCUT2D eigenvalue weighted by Crippen LogP contribution is -2.44. The molecule has 0 radical (unpaired) electrons. The number of benzene rings is 1. The Hall–Kier alpha value is -2.10. The first-order chi connectivity index (χ1) is 13.4. The van der Waals surface area contributed by atoms with Crippen LogP contribution in [0.25, 0.3) is 0 Å². The number of nitrogens with zero attached hydrogens (tertiary/aromatic N) is 4. The van der Waals surface area contributed by atoms with Crippen LogP contribution in [0.3, 0.4) is 0 Å². The van der Waals surface area contributed by atoms with Gasteiger partial charge in [-0.25, -0.2) is 4.98 Å². The van der Waals surface area contributed by atoms with Gasteiger partial charge in [0.15, 0.2) is 0 Å². The highest BCUT2D eigenvalue weighted by Crippen LogP contribution is 2.40. The van der Waals surface area contributed by atoms with Crippen molar-refractivity contribution < 1.29 is 0 Å². The number of aryl methyl sites for hydroxylation is 2. The summed E-state index contributed by atoms with van der Waals surface area (Å²) in [5.41, 5.74) is 4.17.